The zero-order valence-electron chi connectivity index (χ0n) is 12.2. The summed E-state index contributed by atoms with van der Waals surface area (Å²) in [5.41, 5.74) is 2.93. The van der Waals surface area contributed by atoms with E-state index < -0.39 is 0 Å². The number of fused-ring (bicyclic) bond motifs is 2. The second kappa shape index (κ2) is 5.54. The van der Waals surface area contributed by atoms with Gasteiger partial charge in [0.15, 0.2) is 0 Å². The number of benzene rings is 1. The smallest absolute Gasteiger partial charge is 0.0400 e. The van der Waals surface area contributed by atoms with Gasteiger partial charge in [-0.3, -0.25) is 0 Å². The molecule has 0 radical (unpaired) electrons. The molecule has 2 heterocycles. The minimum atomic E-state index is 0.793. The second-order valence-corrected chi connectivity index (χ2v) is 6.31. The Balaban J connectivity index is 1.75. The van der Waals surface area contributed by atoms with E-state index >= 15 is 0 Å². The zero-order chi connectivity index (χ0) is 13.2. The number of nitrogens with one attached hydrogen (secondary N) is 1. The van der Waals surface area contributed by atoms with Crippen molar-refractivity contribution in [3.63, 3.8) is 0 Å². The summed E-state index contributed by atoms with van der Waals surface area (Å²) in [4.78, 5) is 2.74. The van der Waals surface area contributed by atoms with Gasteiger partial charge in [0, 0.05) is 17.8 Å². The van der Waals surface area contributed by atoms with E-state index in [0.29, 0.717) is 0 Å². The highest BCUT2D eigenvalue weighted by molar-refractivity contribution is 5.56. The SMILES string of the molecule is CNCCC1CC2CCC(C1)N2c1ccccc1C. The fourth-order valence-corrected chi connectivity index (χ4v) is 4.12. The summed E-state index contributed by atoms with van der Waals surface area (Å²) in [6.45, 7) is 3.43. The Morgan fingerprint density at radius 3 is 2.47 bits per heavy atom. The van der Waals surface area contributed by atoms with Crippen molar-refractivity contribution in [3.05, 3.63) is 29.8 Å². The van der Waals surface area contributed by atoms with Crippen LogP contribution in [0.15, 0.2) is 24.3 Å². The maximum absolute atomic E-state index is 3.30. The topological polar surface area (TPSA) is 15.3 Å². The van der Waals surface area contributed by atoms with Gasteiger partial charge in [0.25, 0.3) is 0 Å². The molecule has 1 aromatic carbocycles. The van der Waals surface area contributed by atoms with Gasteiger partial charge in [0.1, 0.15) is 0 Å². The first-order valence-corrected chi connectivity index (χ1v) is 7.78. The van der Waals surface area contributed by atoms with Crippen molar-refractivity contribution < 1.29 is 0 Å². The van der Waals surface area contributed by atoms with Gasteiger partial charge in [0.2, 0.25) is 0 Å². The lowest BCUT2D eigenvalue weighted by Gasteiger charge is -2.41. The van der Waals surface area contributed by atoms with Crippen LogP contribution >= 0.6 is 0 Å². The number of hydrogen-bond donors (Lipinski definition) is 1. The molecule has 0 amide bonds. The van der Waals surface area contributed by atoms with E-state index in [1.165, 1.54) is 49.9 Å². The third kappa shape index (κ3) is 2.51. The van der Waals surface area contributed by atoms with E-state index in [4.69, 9.17) is 0 Å². The number of aryl methyl sites for hydroxylation is 1. The van der Waals surface area contributed by atoms with Crippen LogP contribution in [0.3, 0.4) is 0 Å². The molecule has 0 aliphatic carbocycles. The van der Waals surface area contributed by atoms with Crippen LogP contribution in [-0.4, -0.2) is 25.7 Å². The lowest BCUT2D eigenvalue weighted by Crippen LogP contribution is -2.43. The lowest BCUT2D eigenvalue weighted by atomic mass is 9.87. The maximum atomic E-state index is 3.30. The largest absolute Gasteiger partial charge is 0.365 e. The fraction of sp³-hybridized carbons (Fsp3) is 0.647. The molecule has 2 unspecified atom stereocenters. The Kier molecular flexibility index (Phi) is 3.79. The van der Waals surface area contributed by atoms with Gasteiger partial charge >= 0.3 is 0 Å². The summed E-state index contributed by atoms with van der Waals surface area (Å²) in [5.74, 6) is 0.935. The van der Waals surface area contributed by atoms with Crippen molar-refractivity contribution in [3.8, 4) is 0 Å². The summed E-state index contributed by atoms with van der Waals surface area (Å²) in [6, 6.07) is 10.5. The van der Waals surface area contributed by atoms with Crippen LogP contribution in [0.25, 0.3) is 0 Å². The average molecular weight is 258 g/mol. The third-order valence-electron chi connectivity index (χ3n) is 5.03. The summed E-state index contributed by atoms with van der Waals surface area (Å²) in [7, 11) is 2.07. The monoisotopic (exact) mass is 258 g/mol. The highest BCUT2D eigenvalue weighted by Crippen LogP contribution is 2.43. The molecule has 1 N–H and O–H groups in total. The van der Waals surface area contributed by atoms with Crippen LogP contribution in [0.2, 0.25) is 0 Å². The first kappa shape index (κ1) is 13.0. The van der Waals surface area contributed by atoms with Crippen LogP contribution in [0.5, 0.6) is 0 Å². The molecule has 0 spiro atoms. The highest BCUT2D eigenvalue weighted by atomic mass is 15.2. The molecule has 2 heteroatoms. The van der Waals surface area contributed by atoms with Crippen LogP contribution in [-0.2, 0) is 0 Å². The summed E-state index contributed by atoms with van der Waals surface area (Å²) >= 11 is 0. The van der Waals surface area contributed by atoms with Gasteiger partial charge in [-0.1, -0.05) is 18.2 Å². The van der Waals surface area contributed by atoms with Crippen molar-refractivity contribution in [1.29, 1.82) is 0 Å². The summed E-state index contributed by atoms with van der Waals surface area (Å²) in [6.07, 6.45) is 6.94. The Bertz CT molecular complexity index is 415. The molecule has 2 saturated heterocycles. The number of rotatable bonds is 4. The van der Waals surface area contributed by atoms with Crippen LogP contribution < -0.4 is 10.2 Å². The van der Waals surface area contributed by atoms with Crippen LogP contribution in [0, 0.1) is 12.8 Å². The Hall–Kier alpha value is -1.02. The molecule has 19 heavy (non-hydrogen) atoms. The van der Waals surface area contributed by atoms with Gasteiger partial charge in [-0.25, -0.2) is 0 Å². The molecule has 2 aliphatic heterocycles. The van der Waals surface area contributed by atoms with Crippen molar-refractivity contribution in [1.82, 2.24) is 5.32 Å². The molecule has 0 aromatic heterocycles. The van der Waals surface area contributed by atoms with Crippen molar-refractivity contribution in [2.24, 2.45) is 5.92 Å². The van der Waals surface area contributed by atoms with Gasteiger partial charge in [0.05, 0.1) is 0 Å². The molecule has 2 atom stereocenters. The lowest BCUT2D eigenvalue weighted by molar-refractivity contribution is 0.320. The maximum Gasteiger partial charge on any atom is 0.0400 e. The van der Waals surface area contributed by atoms with Crippen molar-refractivity contribution in [2.75, 3.05) is 18.5 Å². The van der Waals surface area contributed by atoms with E-state index in [-0.39, 0.29) is 0 Å². The number of nitrogens with zero attached hydrogens (tertiary/aromatic N) is 1. The molecule has 2 aliphatic rings. The quantitative estimate of drug-likeness (QED) is 0.891. The number of piperidine rings is 1. The first-order valence-electron chi connectivity index (χ1n) is 7.78. The van der Waals surface area contributed by atoms with E-state index in [1.54, 1.807) is 0 Å². The minimum absolute atomic E-state index is 0.793. The van der Waals surface area contributed by atoms with E-state index in [1.807, 2.05) is 0 Å². The molecule has 1 aromatic rings. The molecule has 2 fully saturated rings. The highest BCUT2D eigenvalue weighted by Gasteiger charge is 2.40. The molecular formula is C17H26N2. The van der Waals surface area contributed by atoms with E-state index in [2.05, 4.69) is 48.5 Å². The molecule has 3 rings (SSSR count). The average Bonchev–Trinajstić information content (AvgIpc) is 2.68. The predicted molar refractivity (Wildman–Crippen MR) is 81.7 cm³/mol. The second-order valence-electron chi connectivity index (χ2n) is 6.31. The fourth-order valence-electron chi connectivity index (χ4n) is 4.12. The minimum Gasteiger partial charge on any atom is -0.365 e. The molecule has 104 valence electrons. The Labute approximate surface area is 117 Å². The summed E-state index contributed by atoms with van der Waals surface area (Å²) < 4.78 is 0. The molecule has 2 nitrogen and oxygen atoms in total. The number of hydrogen-bond acceptors (Lipinski definition) is 2. The standard InChI is InChI=1S/C17H26N2/c1-13-5-3-4-6-17(13)19-15-7-8-16(19)12-14(11-15)9-10-18-2/h3-6,14-16,18H,7-12H2,1-2H3. The van der Waals surface area contributed by atoms with Gasteiger partial charge in [-0.2, -0.15) is 0 Å². The summed E-state index contributed by atoms with van der Waals surface area (Å²) in [5, 5.41) is 3.30. The number of para-hydroxylation sites is 1. The van der Waals surface area contributed by atoms with Gasteiger partial charge in [-0.05, 0) is 70.2 Å². The number of anilines is 1. The Morgan fingerprint density at radius 2 is 1.84 bits per heavy atom. The van der Waals surface area contributed by atoms with Gasteiger partial charge < -0.3 is 10.2 Å². The normalized spacial score (nSPS) is 29.8. The molecule has 0 saturated carbocycles. The first-order chi connectivity index (χ1) is 9.29. The predicted octanol–water partition coefficient (Wildman–Crippen LogP) is 3.35. The Morgan fingerprint density at radius 1 is 1.16 bits per heavy atom. The zero-order valence-corrected chi connectivity index (χ0v) is 12.2. The van der Waals surface area contributed by atoms with Crippen molar-refractivity contribution in [2.45, 2.75) is 51.1 Å². The van der Waals surface area contributed by atoms with E-state index in [0.717, 1.165) is 18.0 Å². The molecule has 2 bridgehead atoms. The van der Waals surface area contributed by atoms with Crippen LogP contribution in [0.4, 0.5) is 5.69 Å². The van der Waals surface area contributed by atoms with E-state index in [9.17, 15) is 0 Å². The third-order valence-corrected chi connectivity index (χ3v) is 5.03. The van der Waals surface area contributed by atoms with Gasteiger partial charge in [-0.15, -0.1) is 0 Å². The van der Waals surface area contributed by atoms with Crippen LogP contribution in [0.1, 0.15) is 37.7 Å². The molecular weight excluding hydrogens is 232 g/mol. The van der Waals surface area contributed by atoms with Crippen molar-refractivity contribution >= 4 is 5.69 Å².